The normalized spacial score (nSPS) is 16.0. The zero-order chi connectivity index (χ0) is 14.2. The van der Waals surface area contributed by atoms with Gasteiger partial charge in [-0.25, -0.2) is 9.59 Å². The Balaban J connectivity index is 1.76. The molecule has 1 saturated carbocycles. The number of hydrogen-bond donors (Lipinski definition) is 0. The molecule has 2 rings (SSSR count). The number of esters is 2. The number of benzene rings is 1. The molecule has 0 heterocycles. The van der Waals surface area contributed by atoms with E-state index in [0.29, 0.717) is 5.75 Å². The second-order valence-electron chi connectivity index (χ2n) is 4.76. The smallest absolute Gasteiger partial charge is 0.336 e. The molecule has 0 aliphatic heterocycles. The lowest BCUT2D eigenvalue weighted by atomic mass is 9.98. The number of carbonyl (C=O) groups excluding carboxylic acids is 2. The SMILES string of the molecule is O=C(C=CC(=O)OC1CCCCC1)Oc1ccccc1. The monoisotopic (exact) mass is 274 g/mol. The van der Waals surface area contributed by atoms with Crippen molar-refractivity contribution < 1.29 is 19.1 Å². The maximum atomic E-state index is 11.6. The molecule has 1 fully saturated rings. The van der Waals surface area contributed by atoms with Crippen molar-refractivity contribution in [2.45, 2.75) is 38.2 Å². The first-order valence-electron chi connectivity index (χ1n) is 6.89. The number of carbonyl (C=O) groups is 2. The fourth-order valence-electron chi connectivity index (χ4n) is 2.16. The van der Waals surface area contributed by atoms with Crippen LogP contribution in [0.5, 0.6) is 5.75 Å². The highest BCUT2D eigenvalue weighted by Crippen LogP contribution is 2.20. The molecular weight excluding hydrogens is 256 g/mol. The second-order valence-corrected chi connectivity index (χ2v) is 4.76. The molecule has 0 bridgehead atoms. The van der Waals surface area contributed by atoms with Crippen molar-refractivity contribution in [3.8, 4) is 5.75 Å². The molecule has 0 aromatic heterocycles. The number of rotatable bonds is 4. The molecule has 20 heavy (non-hydrogen) atoms. The van der Waals surface area contributed by atoms with E-state index in [-0.39, 0.29) is 6.10 Å². The van der Waals surface area contributed by atoms with E-state index < -0.39 is 11.9 Å². The summed E-state index contributed by atoms with van der Waals surface area (Å²) in [5, 5.41) is 0. The fraction of sp³-hybridized carbons (Fsp3) is 0.375. The Bertz CT molecular complexity index is 473. The van der Waals surface area contributed by atoms with Gasteiger partial charge in [-0.05, 0) is 37.8 Å². The van der Waals surface area contributed by atoms with Gasteiger partial charge in [-0.1, -0.05) is 24.6 Å². The molecule has 0 spiro atoms. The fourth-order valence-corrected chi connectivity index (χ4v) is 2.16. The molecule has 1 aliphatic rings. The Morgan fingerprint density at radius 1 is 0.950 bits per heavy atom. The van der Waals surface area contributed by atoms with Crippen LogP contribution in [0.3, 0.4) is 0 Å². The maximum Gasteiger partial charge on any atom is 0.336 e. The lowest BCUT2D eigenvalue weighted by molar-refractivity contribution is -0.144. The van der Waals surface area contributed by atoms with Crippen LogP contribution in [0, 0.1) is 0 Å². The van der Waals surface area contributed by atoms with Crippen LogP contribution in [0.1, 0.15) is 32.1 Å². The Morgan fingerprint density at radius 3 is 2.30 bits per heavy atom. The molecule has 0 unspecified atom stereocenters. The lowest BCUT2D eigenvalue weighted by Gasteiger charge is -2.20. The summed E-state index contributed by atoms with van der Waals surface area (Å²) >= 11 is 0. The lowest BCUT2D eigenvalue weighted by Crippen LogP contribution is -2.19. The first-order valence-corrected chi connectivity index (χ1v) is 6.89. The van der Waals surface area contributed by atoms with Gasteiger partial charge < -0.3 is 9.47 Å². The van der Waals surface area contributed by atoms with Crippen LogP contribution in [0.2, 0.25) is 0 Å². The summed E-state index contributed by atoms with van der Waals surface area (Å²) in [4.78, 5) is 23.0. The molecule has 0 saturated heterocycles. The van der Waals surface area contributed by atoms with E-state index in [0.717, 1.165) is 37.8 Å². The Morgan fingerprint density at radius 2 is 1.60 bits per heavy atom. The van der Waals surface area contributed by atoms with E-state index in [4.69, 9.17) is 9.47 Å². The zero-order valence-corrected chi connectivity index (χ0v) is 11.3. The Hall–Kier alpha value is -2.10. The van der Waals surface area contributed by atoms with Gasteiger partial charge in [0.1, 0.15) is 11.9 Å². The largest absolute Gasteiger partial charge is 0.459 e. The maximum absolute atomic E-state index is 11.6. The van der Waals surface area contributed by atoms with Crippen LogP contribution in [0.15, 0.2) is 42.5 Å². The minimum absolute atomic E-state index is 0.00829. The summed E-state index contributed by atoms with van der Waals surface area (Å²) in [6.07, 6.45) is 7.43. The van der Waals surface area contributed by atoms with Crippen molar-refractivity contribution in [2.24, 2.45) is 0 Å². The van der Waals surface area contributed by atoms with Crippen molar-refractivity contribution in [2.75, 3.05) is 0 Å². The number of ether oxygens (including phenoxy) is 2. The van der Waals surface area contributed by atoms with Gasteiger partial charge in [0.05, 0.1) is 0 Å². The average molecular weight is 274 g/mol. The van der Waals surface area contributed by atoms with Crippen molar-refractivity contribution in [1.82, 2.24) is 0 Å². The van der Waals surface area contributed by atoms with Crippen molar-refractivity contribution in [1.29, 1.82) is 0 Å². The van der Waals surface area contributed by atoms with Crippen LogP contribution < -0.4 is 4.74 Å². The first kappa shape index (κ1) is 14.3. The van der Waals surface area contributed by atoms with E-state index in [1.165, 1.54) is 6.42 Å². The van der Waals surface area contributed by atoms with E-state index in [2.05, 4.69) is 0 Å². The standard InChI is InChI=1S/C16H18O4/c17-15(19-13-7-3-1-4-8-13)11-12-16(18)20-14-9-5-2-6-10-14/h1,3-4,7-8,11-12,14H,2,5-6,9-10H2. The highest BCUT2D eigenvalue weighted by Gasteiger charge is 2.16. The molecule has 106 valence electrons. The molecule has 1 aromatic rings. The molecule has 1 aliphatic carbocycles. The second kappa shape index (κ2) is 7.48. The van der Waals surface area contributed by atoms with E-state index in [1.807, 2.05) is 6.07 Å². The molecular formula is C16H18O4. The van der Waals surface area contributed by atoms with Gasteiger partial charge in [-0.2, -0.15) is 0 Å². The third-order valence-electron chi connectivity index (χ3n) is 3.15. The quantitative estimate of drug-likeness (QED) is 0.481. The Labute approximate surface area is 118 Å². The molecule has 4 heteroatoms. The summed E-state index contributed by atoms with van der Waals surface area (Å²) in [7, 11) is 0. The van der Waals surface area contributed by atoms with Crippen molar-refractivity contribution >= 4 is 11.9 Å². The zero-order valence-electron chi connectivity index (χ0n) is 11.3. The van der Waals surface area contributed by atoms with Crippen molar-refractivity contribution in [3.05, 3.63) is 42.5 Å². The van der Waals surface area contributed by atoms with Crippen LogP contribution >= 0.6 is 0 Å². The summed E-state index contributed by atoms with van der Waals surface area (Å²) in [5.41, 5.74) is 0. The van der Waals surface area contributed by atoms with Gasteiger partial charge in [-0.15, -0.1) is 0 Å². The van der Waals surface area contributed by atoms with E-state index in [1.54, 1.807) is 24.3 Å². The van der Waals surface area contributed by atoms with Gasteiger partial charge in [0.2, 0.25) is 0 Å². The van der Waals surface area contributed by atoms with Crippen LogP contribution in [-0.2, 0) is 14.3 Å². The van der Waals surface area contributed by atoms with Gasteiger partial charge in [0.15, 0.2) is 0 Å². The highest BCUT2D eigenvalue weighted by molar-refractivity contribution is 5.92. The summed E-state index contributed by atoms with van der Waals surface area (Å²) < 4.78 is 10.3. The molecule has 0 amide bonds. The molecule has 4 nitrogen and oxygen atoms in total. The van der Waals surface area contributed by atoms with Crippen LogP contribution in [-0.4, -0.2) is 18.0 Å². The van der Waals surface area contributed by atoms with E-state index in [9.17, 15) is 9.59 Å². The number of hydrogen-bond acceptors (Lipinski definition) is 4. The Kier molecular flexibility index (Phi) is 5.35. The van der Waals surface area contributed by atoms with Gasteiger partial charge in [0.25, 0.3) is 0 Å². The highest BCUT2D eigenvalue weighted by atomic mass is 16.5. The molecule has 0 N–H and O–H groups in total. The minimum atomic E-state index is -0.586. The molecule has 1 aromatic carbocycles. The number of para-hydroxylation sites is 1. The summed E-state index contributed by atoms with van der Waals surface area (Å²) in [6, 6.07) is 8.71. The van der Waals surface area contributed by atoms with Gasteiger partial charge in [0, 0.05) is 12.2 Å². The predicted molar refractivity (Wildman–Crippen MR) is 74.2 cm³/mol. The van der Waals surface area contributed by atoms with E-state index >= 15 is 0 Å². The van der Waals surface area contributed by atoms with Gasteiger partial charge >= 0.3 is 11.9 Å². The molecule has 0 radical (unpaired) electrons. The first-order chi connectivity index (χ1) is 9.74. The van der Waals surface area contributed by atoms with Crippen LogP contribution in [0.25, 0.3) is 0 Å². The van der Waals surface area contributed by atoms with Crippen LogP contribution in [0.4, 0.5) is 0 Å². The molecule has 0 atom stereocenters. The predicted octanol–water partition coefficient (Wildman–Crippen LogP) is 3.02. The third kappa shape index (κ3) is 4.88. The minimum Gasteiger partial charge on any atom is -0.459 e. The average Bonchev–Trinajstić information content (AvgIpc) is 2.47. The third-order valence-corrected chi connectivity index (χ3v) is 3.15. The van der Waals surface area contributed by atoms with Gasteiger partial charge in [-0.3, -0.25) is 0 Å². The summed E-state index contributed by atoms with van der Waals surface area (Å²) in [5.74, 6) is -0.624. The topological polar surface area (TPSA) is 52.6 Å². The summed E-state index contributed by atoms with van der Waals surface area (Å²) in [6.45, 7) is 0. The van der Waals surface area contributed by atoms with Crippen molar-refractivity contribution in [3.63, 3.8) is 0 Å².